The van der Waals surface area contributed by atoms with Crippen molar-refractivity contribution in [3.05, 3.63) is 10.6 Å². The number of hydrogen-bond donors (Lipinski definition) is 1. The van der Waals surface area contributed by atoms with Gasteiger partial charge in [-0.05, 0) is 18.7 Å². The van der Waals surface area contributed by atoms with E-state index in [4.69, 9.17) is 5.84 Å². The first kappa shape index (κ1) is 10.3. The van der Waals surface area contributed by atoms with E-state index < -0.39 is 0 Å². The third-order valence-electron chi connectivity index (χ3n) is 2.55. The highest BCUT2D eigenvalue weighted by molar-refractivity contribution is 8.17. The number of amidine groups is 1. The summed E-state index contributed by atoms with van der Waals surface area (Å²) in [5.74, 6) is 5.28. The van der Waals surface area contributed by atoms with Gasteiger partial charge in [-0.1, -0.05) is 0 Å². The van der Waals surface area contributed by atoms with Crippen LogP contribution in [0.25, 0.3) is 0 Å². The van der Waals surface area contributed by atoms with Gasteiger partial charge in [-0.2, -0.15) is 4.48 Å². The smallest absolute Gasteiger partial charge is 0.317 e. The van der Waals surface area contributed by atoms with Crippen molar-refractivity contribution in [3.63, 3.8) is 0 Å². The first-order chi connectivity index (χ1) is 5.94. The van der Waals surface area contributed by atoms with Gasteiger partial charge >= 0.3 is 5.91 Å². The van der Waals surface area contributed by atoms with E-state index in [9.17, 15) is 4.79 Å². The number of hydrogen-bond acceptors (Lipinski definition) is 4. The maximum absolute atomic E-state index is 11.5. The van der Waals surface area contributed by atoms with Gasteiger partial charge in [-0.3, -0.25) is 0 Å². The Morgan fingerprint density at radius 1 is 1.54 bits per heavy atom. The number of amides is 1. The Morgan fingerprint density at radius 2 is 2.08 bits per heavy atom. The lowest BCUT2D eigenvalue weighted by atomic mass is 10.3. The second-order valence-electron chi connectivity index (χ2n) is 3.18. The number of allylic oxidation sites excluding steroid dienone is 2. The first-order valence-corrected chi connectivity index (χ1v) is 4.78. The Labute approximate surface area is 82.1 Å². The summed E-state index contributed by atoms with van der Waals surface area (Å²) in [7, 11) is 1.81. The molecular weight excluding hydrogens is 186 g/mol. The van der Waals surface area contributed by atoms with Crippen molar-refractivity contribution in [1.82, 2.24) is 0 Å². The highest BCUT2D eigenvalue weighted by atomic mass is 32.2. The fourth-order valence-corrected chi connectivity index (χ4v) is 2.38. The van der Waals surface area contributed by atoms with Crippen LogP contribution >= 0.6 is 11.8 Å². The molecular formula is C8H14N3OS+. The van der Waals surface area contributed by atoms with Gasteiger partial charge in [0.25, 0.3) is 5.17 Å². The standard InChI is InChI=1S/C8H14N3OS/c1-5-6(2)13-8(10-9)11(5,4)7(3)12/h9H2,1-4H3/q+1. The molecule has 0 saturated carbocycles. The van der Waals surface area contributed by atoms with Gasteiger partial charge in [-0.15, -0.1) is 5.10 Å². The lowest BCUT2D eigenvalue weighted by molar-refractivity contribution is -0.692. The molecule has 0 aliphatic carbocycles. The number of nitrogens with zero attached hydrogens (tertiary/aromatic N) is 2. The Hall–Kier alpha value is -0.810. The molecule has 0 bridgehead atoms. The van der Waals surface area contributed by atoms with Gasteiger partial charge in [0, 0.05) is 6.92 Å². The van der Waals surface area contributed by atoms with E-state index in [1.165, 1.54) is 11.8 Å². The van der Waals surface area contributed by atoms with Gasteiger partial charge in [0.2, 0.25) is 0 Å². The second kappa shape index (κ2) is 3.16. The predicted octanol–water partition coefficient (Wildman–Crippen LogP) is 1.21. The van der Waals surface area contributed by atoms with Crippen LogP contribution in [0.15, 0.2) is 15.7 Å². The molecule has 0 fully saturated rings. The summed E-state index contributed by atoms with van der Waals surface area (Å²) in [5, 5.41) is 4.29. The third-order valence-corrected chi connectivity index (χ3v) is 3.80. The lowest BCUT2D eigenvalue weighted by Crippen LogP contribution is -2.47. The van der Waals surface area contributed by atoms with E-state index >= 15 is 0 Å². The minimum atomic E-state index is 0.0334. The van der Waals surface area contributed by atoms with E-state index in [0.717, 1.165) is 10.6 Å². The number of hydrazone groups is 1. The molecule has 1 heterocycles. The lowest BCUT2D eigenvalue weighted by Gasteiger charge is -2.24. The minimum Gasteiger partial charge on any atom is -0.317 e. The van der Waals surface area contributed by atoms with E-state index in [0.29, 0.717) is 5.17 Å². The van der Waals surface area contributed by atoms with E-state index in [1.54, 1.807) is 6.92 Å². The number of quaternary nitrogens is 1. The third kappa shape index (κ3) is 1.28. The number of nitrogens with two attached hydrogens (primary N) is 1. The van der Waals surface area contributed by atoms with Crippen molar-refractivity contribution in [2.75, 3.05) is 7.05 Å². The maximum atomic E-state index is 11.5. The molecule has 1 atom stereocenters. The summed E-state index contributed by atoms with van der Waals surface area (Å²) in [5.41, 5.74) is 1.00. The molecule has 0 radical (unpaired) electrons. The van der Waals surface area contributed by atoms with E-state index in [-0.39, 0.29) is 10.4 Å². The zero-order chi connectivity index (χ0) is 10.2. The molecule has 0 spiro atoms. The fourth-order valence-electron chi connectivity index (χ4n) is 1.27. The molecule has 1 aliphatic heterocycles. The summed E-state index contributed by atoms with van der Waals surface area (Å²) in [6, 6.07) is 0. The first-order valence-electron chi connectivity index (χ1n) is 3.96. The SMILES string of the molecule is CC(=O)[N+]1(C)C(=NN)SC(C)=C1C. The molecule has 0 aromatic carbocycles. The van der Waals surface area contributed by atoms with Gasteiger partial charge in [-0.25, -0.2) is 4.79 Å². The minimum absolute atomic E-state index is 0.0334. The topological polar surface area (TPSA) is 55.5 Å². The molecule has 1 aliphatic rings. The summed E-state index contributed by atoms with van der Waals surface area (Å²) in [6.45, 7) is 5.45. The molecule has 1 amide bonds. The largest absolute Gasteiger partial charge is 0.321 e. The van der Waals surface area contributed by atoms with Crippen LogP contribution in [0.1, 0.15) is 20.8 Å². The van der Waals surface area contributed by atoms with Crippen LogP contribution in [0.5, 0.6) is 0 Å². The molecule has 1 rings (SSSR count). The van der Waals surface area contributed by atoms with Crippen molar-refractivity contribution in [1.29, 1.82) is 0 Å². The molecule has 0 aromatic rings. The second-order valence-corrected chi connectivity index (χ2v) is 4.36. The van der Waals surface area contributed by atoms with Crippen LogP contribution in [0.4, 0.5) is 0 Å². The van der Waals surface area contributed by atoms with Gasteiger partial charge < -0.3 is 5.84 Å². The van der Waals surface area contributed by atoms with Gasteiger partial charge in [0.1, 0.15) is 5.70 Å². The fraction of sp³-hybridized carbons (Fsp3) is 0.500. The highest BCUT2D eigenvalue weighted by Crippen LogP contribution is 2.38. The normalized spacial score (nSPS) is 31.5. The van der Waals surface area contributed by atoms with Crippen LogP contribution in [0.2, 0.25) is 0 Å². The molecule has 5 heteroatoms. The number of rotatable bonds is 0. The number of carbonyl (C=O) groups excluding carboxylic acids is 1. The summed E-state index contributed by atoms with van der Waals surface area (Å²) in [6.07, 6.45) is 0. The average Bonchev–Trinajstić information content (AvgIpc) is 2.30. The van der Waals surface area contributed by atoms with Crippen molar-refractivity contribution < 1.29 is 9.28 Å². The average molecular weight is 200 g/mol. The Morgan fingerprint density at radius 3 is 2.38 bits per heavy atom. The van der Waals surface area contributed by atoms with Gasteiger partial charge in [0.05, 0.1) is 18.9 Å². The summed E-state index contributed by atoms with van der Waals surface area (Å²) >= 11 is 1.46. The molecule has 72 valence electrons. The molecule has 0 saturated heterocycles. The Kier molecular flexibility index (Phi) is 2.49. The van der Waals surface area contributed by atoms with Crippen LogP contribution in [-0.4, -0.2) is 22.6 Å². The monoisotopic (exact) mass is 200 g/mol. The highest BCUT2D eigenvalue weighted by Gasteiger charge is 2.45. The van der Waals surface area contributed by atoms with Crippen LogP contribution in [0, 0.1) is 0 Å². The van der Waals surface area contributed by atoms with Crippen molar-refractivity contribution in [2.45, 2.75) is 20.8 Å². The molecule has 1 unspecified atom stereocenters. The quantitative estimate of drug-likeness (QED) is 0.363. The predicted molar refractivity (Wildman–Crippen MR) is 54.5 cm³/mol. The van der Waals surface area contributed by atoms with Crippen molar-refractivity contribution >= 4 is 22.8 Å². The van der Waals surface area contributed by atoms with Gasteiger partial charge in [0.15, 0.2) is 0 Å². The molecule has 13 heavy (non-hydrogen) atoms. The maximum Gasteiger partial charge on any atom is 0.321 e. The van der Waals surface area contributed by atoms with Crippen molar-refractivity contribution in [2.24, 2.45) is 10.9 Å². The number of thioether (sulfide) groups is 1. The Balaban J connectivity index is 3.27. The zero-order valence-corrected chi connectivity index (χ0v) is 9.10. The summed E-state index contributed by atoms with van der Waals surface area (Å²) in [4.78, 5) is 12.6. The zero-order valence-electron chi connectivity index (χ0n) is 8.29. The Bertz CT molecular complexity index is 321. The van der Waals surface area contributed by atoms with E-state index in [2.05, 4.69) is 5.10 Å². The molecule has 0 aromatic heterocycles. The number of carbonyl (C=O) groups is 1. The van der Waals surface area contributed by atoms with Crippen LogP contribution < -0.4 is 5.84 Å². The van der Waals surface area contributed by atoms with E-state index in [1.807, 2.05) is 20.9 Å². The van der Waals surface area contributed by atoms with Crippen LogP contribution in [0.3, 0.4) is 0 Å². The molecule has 2 N–H and O–H groups in total. The molecule has 4 nitrogen and oxygen atoms in total. The van der Waals surface area contributed by atoms with Crippen LogP contribution in [-0.2, 0) is 4.79 Å². The summed E-state index contributed by atoms with van der Waals surface area (Å²) < 4.78 is 0.118. The van der Waals surface area contributed by atoms with Crippen molar-refractivity contribution in [3.8, 4) is 0 Å².